The summed E-state index contributed by atoms with van der Waals surface area (Å²) in [5.41, 5.74) is 5.90. The number of sulfone groups is 1. The third-order valence-electron chi connectivity index (χ3n) is 2.35. The summed E-state index contributed by atoms with van der Waals surface area (Å²) in [4.78, 5) is 4.01. The molecule has 2 aromatic heterocycles. The normalized spacial score (nSPS) is 14.0. The Balaban J connectivity index is 2.22. The minimum absolute atomic E-state index is 0.0311. The van der Waals surface area contributed by atoms with Gasteiger partial charge in [0.25, 0.3) is 5.78 Å². The summed E-state index contributed by atoms with van der Waals surface area (Å²) < 4.78 is 23.8. The van der Waals surface area contributed by atoms with Gasteiger partial charge in [0.05, 0.1) is 11.8 Å². The number of nitrogens with zero attached hydrogens (tertiary/aromatic N) is 4. The van der Waals surface area contributed by atoms with Gasteiger partial charge in [-0.3, -0.25) is 4.40 Å². The lowest BCUT2D eigenvalue weighted by Crippen LogP contribution is -2.18. The van der Waals surface area contributed by atoms with Gasteiger partial charge >= 0.3 is 0 Å². The van der Waals surface area contributed by atoms with Crippen LogP contribution >= 0.6 is 0 Å². The van der Waals surface area contributed by atoms with Gasteiger partial charge in [-0.1, -0.05) is 0 Å². The molecule has 0 bridgehead atoms. The lowest BCUT2D eigenvalue weighted by atomic mass is 10.2. The van der Waals surface area contributed by atoms with E-state index in [4.69, 9.17) is 5.73 Å². The minimum atomic E-state index is -3.02. The predicted octanol–water partition coefficient (Wildman–Crippen LogP) is -0.441. The Morgan fingerprint density at radius 3 is 2.94 bits per heavy atom. The monoisotopic (exact) mass is 255 g/mol. The fourth-order valence-electron chi connectivity index (χ4n) is 1.48. The molecular weight excluding hydrogens is 242 g/mol. The molecule has 1 unspecified atom stereocenters. The molecule has 0 aliphatic rings. The highest BCUT2D eigenvalue weighted by atomic mass is 32.2. The summed E-state index contributed by atoms with van der Waals surface area (Å²) in [5.74, 6) is 1.01. The van der Waals surface area contributed by atoms with Crippen molar-refractivity contribution in [3.8, 4) is 0 Å². The summed E-state index contributed by atoms with van der Waals surface area (Å²) in [5, 5.41) is 7.78. The van der Waals surface area contributed by atoms with Gasteiger partial charge in [0, 0.05) is 18.6 Å². The fourth-order valence-corrected chi connectivity index (χ4v) is 2.17. The maximum atomic E-state index is 11.1. The van der Waals surface area contributed by atoms with E-state index in [1.54, 1.807) is 22.9 Å². The first-order valence-corrected chi connectivity index (χ1v) is 7.12. The highest BCUT2D eigenvalue weighted by Gasteiger charge is 2.16. The smallest absolute Gasteiger partial charge is 0.254 e. The lowest BCUT2D eigenvalue weighted by molar-refractivity contribution is 0.585. The quantitative estimate of drug-likeness (QED) is 0.794. The van der Waals surface area contributed by atoms with Crippen LogP contribution in [0.15, 0.2) is 18.5 Å². The Bertz CT molecular complexity index is 621. The van der Waals surface area contributed by atoms with Crippen LogP contribution in [0.1, 0.15) is 18.3 Å². The molecule has 8 heteroatoms. The lowest BCUT2D eigenvalue weighted by Gasteiger charge is -2.08. The van der Waals surface area contributed by atoms with Crippen LogP contribution in [0.25, 0.3) is 5.78 Å². The second-order valence-electron chi connectivity index (χ2n) is 3.87. The van der Waals surface area contributed by atoms with Crippen molar-refractivity contribution in [2.75, 3.05) is 12.0 Å². The minimum Gasteiger partial charge on any atom is -0.321 e. The van der Waals surface area contributed by atoms with Crippen molar-refractivity contribution in [1.82, 2.24) is 19.6 Å². The zero-order valence-electron chi connectivity index (χ0n) is 9.31. The van der Waals surface area contributed by atoms with E-state index in [0.29, 0.717) is 18.0 Å². The molecule has 1 atom stereocenters. The van der Waals surface area contributed by atoms with Crippen LogP contribution in [-0.4, -0.2) is 40.0 Å². The van der Waals surface area contributed by atoms with Crippen LogP contribution in [-0.2, 0) is 9.84 Å². The van der Waals surface area contributed by atoms with Crippen LogP contribution in [0.5, 0.6) is 0 Å². The second-order valence-corrected chi connectivity index (χ2v) is 6.13. The topological polar surface area (TPSA) is 103 Å². The first-order valence-electron chi connectivity index (χ1n) is 5.06. The van der Waals surface area contributed by atoms with E-state index in [1.165, 1.54) is 6.26 Å². The molecule has 2 N–H and O–H groups in total. The number of aromatic nitrogens is 4. The van der Waals surface area contributed by atoms with E-state index in [0.717, 1.165) is 0 Å². The summed E-state index contributed by atoms with van der Waals surface area (Å²) in [7, 11) is -3.02. The third-order valence-corrected chi connectivity index (χ3v) is 3.32. The molecule has 2 heterocycles. The van der Waals surface area contributed by atoms with Crippen molar-refractivity contribution >= 4 is 15.6 Å². The molecule has 0 saturated heterocycles. The third kappa shape index (κ3) is 2.77. The second kappa shape index (κ2) is 4.38. The van der Waals surface area contributed by atoms with Gasteiger partial charge < -0.3 is 5.73 Å². The Morgan fingerprint density at radius 1 is 1.47 bits per heavy atom. The van der Waals surface area contributed by atoms with Crippen LogP contribution in [0.4, 0.5) is 0 Å². The first kappa shape index (κ1) is 11.9. The Labute approximate surface area is 98.6 Å². The van der Waals surface area contributed by atoms with E-state index >= 15 is 0 Å². The number of nitrogens with two attached hydrogens (primary N) is 1. The summed E-state index contributed by atoms with van der Waals surface area (Å²) in [6.07, 6.45) is 4.85. The molecule has 7 nitrogen and oxygen atoms in total. The highest BCUT2D eigenvalue weighted by molar-refractivity contribution is 7.90. The first-order chi connectivity index (χ1) is 7.97. The molecule has 0 fully saturated rings. The SMILES string of the molecule is CS(=O)(=O)CCC(N)c1nnc2ncccn12. The largest absolute Gasteiger partial charge is 0.321 e. The van der Waals surface area contributed by atoms with Gasteiger partial charge in [-0.05, 0) is 12.5 Å². The highest BCUT2D eigenvalue weighted by Crippen LogP contribution is 2.12. The number of fused-ring (bicyclic) bond motifs is 1. The number of rotatable bonds is 4. The molecule has 92 valence electrons. The summed E-state index contributed by atoms with van der Waals surface area (Å²) >= 11 is 0. The average molecular weight is 255 g/mol. The summed E-state index contributed by atoms with van der Waals surface area (Å²) in [6.45, 7) is 0. The Hall–Kier alpha value is -1.54. The molecule has 2 aromatic rings. The molecule has 0 saturated carbocycles. The average Bonchev–Trinajstić information content (AvgIpc) is 2.68. The molecule has 2 rings (SSSR count). The van der Waals surface area contributed by atoms with Crippen LogP contribution in [0, 0.1) is 0 Å². The van der Waals surface area contributed by atoms with Crippen molar-refractivity contribution in [3.63, 3.8) is 0 Å². The maximum absolute atomic E-state index is 11.1. The van der Waals surface area contributed by atoms with Gasteiger partial charge in [0.15, 0.2) is 5.82 Å². The Morgan fingerprint density at radius 2 is 2.24 bits per heavy atom. The zero-order chi connectivity index (χ0) is 12.5. The number of hydrogen-bond donors (Lipinski definition) is 1. The van der Waals surface area contributed by atoms with Crippen LogP contribution in [0.2, 0.25) is 0 Å². The molecule has 0 aromatic carbocycles. The van der Waals surface area contributed by atoms with Crippen molar-refractivity contribution in [2.24, 2.45) is 5.73 Å². The molecule has 0 amide bonds. The Kier molecular flexibility index (Phi) is 3.07. The van der Waals surface area contributed by atoms with Gasteiger partial charge in [-0.2, -0.15) is 0 Å². The van der Waals surface area contributed by atoms with Crippen molar-refractivity contribution in [2.45, 2.75) is 12.5 Å². The van der Waals surface area contributed by atoms with Crippen molar-refractivity contribution < 1.29 is 8.42 Å². The van der Waals surface area contributed by atoms with E-state index in [2.05, 4.69) is 15.2 Å². The predicted molar refractivity (Wildman–Crippen MR) is 62.0 cm³/mol. The standard InChI is InChI=1S/C9H13N5O2S/c1-17(15,16)6-3-7(10)8-12-13-9-11-4-2-5-14(8)9/h2,4-5,7H,3,6,10H2,1H3. The van der Waals surface area contributed by atoms with Crippen molar-refractivity contribution in [3.05, 3.63) is 24.3 Å². The fraction of sp³-hybridized carbons (Fsp3) is 0.444. The van der Waals surface area contributed by atoms with Gasteiger partial charge in [-0.15, -0.1) is 10.2 Å². The van der Waals surface area contributed by atoms with Crippen LogP contribution in [0.3, 0.4) is 0 Å². The molecular formula is C9H13N5O2S. The molecule has 0 aliphatic heterocycles. The van der Waals surface area contributed by atoms with Crippen molar-refractivity contribution in [1.29, 1.82) is 0 Å². The number of hydrogen-bond acceptors (Lipinski definition) is 6. The van der Waals surface area contributed by atoms with E-state index in [9.17, 15) is 8.42 Å². The molecule has 0 radical (unpaired) electrons. The zero-order valence-corrected chi connectivity index (χ0v) is 10.1. The van der Waals surface area contributed by atoms with E-state index in [1.807, 2.05) is 0 Å². The van der Waals surface area contributed by atoms with E-state index < -0.39 is 15.9 Å². The molecule has 17 heavy (non-hydrogen) atoms. The van der Waals surface area contributed by atoms with Crippen LogP contribution < -0.4 is 5.73 Å². The molecule has 0 aliphatic carbocycles. The van der Waals surface area contributed by atoms with Gasteiger partial charge in [0.2, 0.25) is 0 Å². The van der Waals surface area contributed by atoms with Gasteiger partial charge in [-0.25, -0.2) is 13.4 Å². The van der Waals surface area contributed by atoms with Gasteiger partial charge in [0.1, 0.15) is 9.84 Å². The summed E-state index contributed by atoms with van der Waals surface area (Å²) in [6, 6.07) is 1.27. The maximum Gasteiger partial charge on any atom is 0.254 e. The molecule has 0 spiro atoms. The van der Waals surface area contributed by atoms with E-state index in [-0.39, 0.29) is 5.75 Å².